The number of methoxy groups -OCH3 is 1. The van der Waals surface area contributed by atoms with Crippen molar-refractivity contribution in [3.63, 3.8) is 0 Å². The third-order valence-electron chi connectivity index (χ3n) is 3.63. The van der Waals surface area contributed by atoms with Gasteiger partial charge in [0.15, 0.2) is 0 Å². The molecule has 0 saturated carbocycles. The van der Waals surface area contributed by atoms with Crippen LogP contribution in [0.25, 0.3) is 0 Å². The number of rotatable bonds is 4. The zero-order valence-corrected chi connectivity index (χ0v) is 12.5. The highest BCUT2D eigenvalue weighted by Gasteiger charge is 2.36. The summed E-state index contributed by atoms with van der Waals surface area (Å²) in [6.45, 7) is 8.83. The first-order valence-corrected chi connectivity index (χ1v) is 6.28. The summed E-state index contributed by atoms with van der Waals surface area (Å²) in [4.78, 5) is 12.2. The fourth-order valence-electron chi connectivity index (χ4n) is 1.47. The Hall–Kier alpha value is -1.55. The number of aryl methyl sites for hydroxylation is 1. The highest BCUT2D eigenvalue weighted by atomic mass is 16.5. The molecule has 0 radical (unpaired) electrons. The van der Waals surface area contributed by atoms with Gasteiger partial charge in [-0.05, 0) is 52.3 Å². The maximum absolute atomic E-state index is 12.2. The monoisotopic (exact) mass is 265 g/mol. The van der Waals surface area contributed by atoms with Gasteiger partial charge in [-0.1, -0.05) is 6.07 Å². The summed E-state index contributed by atoms with van der Waals surface area (Å²) in [7, 11) is 1.57. The van der Waals surface area contributed by atoms with Crippen LogP contribution in [-0.2, 0) is 0 Å². The predicted octanol–water partition coefficient (Wildman–Crippen LogP) is 2.28. The molecule has 0 fully saturated rings. The number of hydrogen-bond donors (Lipinski definition) is 2. The van der Waals surface area contributed by atoms with Crippen LogP contribution in [0.2, 0.25) is 0 Å². The molecule has 2 N–H and O–H groups in total. The molecule has 0 heterocycles. The second-order valence-electron chi connectivity index (χ2n) is 5.82. The van der Waals surface area contributed by atoms with Crippen LogP contribution < -0.4 is 10.1 Å². The SMILES string of the molecule is COc1cc(C(=O)NC(C)(C)C(C)(C)O)ccc1C. The first-order valence-electron chi connectivity index (χ1n) is 6.28. The van der Waals surface area contributed by atoms with Crippen LogP contribution in [-0.4, -0.2) is 29.3 Å². The van der Waals surface area contributed by atoms with E-state index in [9.17, 15) is 9.90 Å². The number of ether oxygens (including phenoxy) is 1. The van der Waals surface area contributed by atoms with E-state index in [1.807, 2.05) is 13.0 Å². The minimum atomic E-state index is -1.02. The lowest BCUT2D eigenvalue weighted by Gasteiger charge is -2.38. The lowest BCUT2D eigenvalue weighted by molar-refractivity contribution is -0.00293. The first kappa shape index (κ1) is 15.5. The van der Waals surface area contributed by atoms with Gasteiger partial charge in [-0.15, -0.1) is 0 Å². The van der Waals surface area contributed by atoms with Gasteiger partial charge >= 0.3 is 0 Å². The third kappa shape index (κ3) is 3.47. The molecule has 0 saturated heterocycles. The quantitative estimate of drug-likeness (QED) is 0.878. The topological polar surface area (TPSA) is 58.6 Å². The van der Waals surface area contributed by atoms with Crippen molar-refractivity contribution in [1.29, 1.82) is 0 Å². The Morgan fingerprint density at radius 1 is 1.26 bits per heavy atom. The maximum Gasteiger partial charge on any atom is 0.251 e. The molecule has 0 unspecified atom stereocenters. The summed E-state index contributed by atoms with van der Waals surface area (Å²) in [6.07, 6.45) is 0. The number of carbonyl (C=O) groups excluding carboxylic acids is 1. The van der Waals surface area contributed by atoms with Crippen LogP contribution in [0.3, 0.4) is 0 Å². The average Bonchev–Trinajstić information content (AvgIpc) is 2.27. The van der Waals surface area contributed by atoms with Crippen molar-refractivity contribution >= 4 is 5.91 Å². The van der Waals surface area contributed by atoms with Gasteiger partial charge in [-0.3, -0.25) is 4.79 Å². The van der Waals surface area contributed by atoms with Crippen LogP contribution in [0.4, 0.5) is 0 Å². The van der Waals surface area contributed by atoms with Gasteiger partial charge in [0.25, 0.3) is 5.91 Å². The zero-order chi connectivity index (χ0) is 14.8. The number of benzene rings is 1. The number of carbonyl (C=O) groups is 1. The number of nitrogens with one attached hydrogen (secondary N) is 1. The van der Waals surface area contributed by atoms with E-state index in [2.05, 4.69) is 5.32 Å². The molecule has 1 amide bonds. The fourth-order valence-corrected chi connectivity index (χ4v) is 1.47. The van der Waals surface area contributed by atoms with E-state index < -0.39 is 11.1 Å². The summed E-state index contributed by atoms with van der Waals surface area (Å²) in [5, 5.41) is 12.9. The van der Waals surface area contributed by atoms with E-state index in [0.717, 1.165) is 5.56 Å². The molecule has 1 aromatic rings. The molecular formula is C15H23NO3. The molecule has 0 aliphatic rings. The minimum absolute atomic E-state index is 0.231. The van der Waals surface area contributed by atoms with Gasteiger partial charge < -0.3 is 15.2 Å². The Morgan fingerprint density at radius 2 is 1.84 bits per heavy atom. The Kier molecular flexibility index (Phi) is 4.25. The molecule has 0 aromatic heterocycles. The fraction of sp³-hybridized carbons (Fsp3) is 0.533. The summed E-state index contributed by atoms with van der Waals surface area (Å²) >= 11 is 0. The van der Waals surface area contributed by atoms with Crippen molar-refractivity contribution in [2.75, 3.05) is 7.11 Å². The molecule has 4 nitrogen and oxygen atoms in total. The summed E-state index contributed by atoms with van der Waals surface area (Å²) < 4.78 is 5.20. The lowest BCUT2D eigenvalue weighted by atomic mass is 9.85. The highest BCUT2D eigenvalue weighted by Crippen LogP contribution is 2.23. The summed E-state index contributed by atoms with van der Waals surface area (Å²) in [5.41, 5.74) is -0.264. The van der Waals surface area contributed by atoms with Gasteiger partial charge in [-0.25, -0.2) is 0 Å². The van der Waals surface area contributed by atoms with Crippen molar-refractivity contribution < 1.29 is 14.6 Å². The standard InChI is InChI=1S/C15H23NO3/c1-10-7-8-11(9-12(10)19-6)13(17)16-14(2,3)15(4,5)18/h7-9,18H,1-6H3,(H,16,17). The maximum atomic E-state index is 12.2. The molecule has 106 valence electrons. The molecule has 0 spiro atoms. The molecule has 0 aliphatic carbocycles. The van der Waals surface area contributed by atoms with Crippen molar-refractivity contribution in [1.82, 2.24) is 5.32 Å². The zero-order valence-electron chi connectivity index (χ0n) is 12.5. The van der Waals surface area contributed by atoms with Crippen LogP contribution in [0.1, 0.15) is 43.6 Å². The minimum Gasteiger partial charge on any atom is -0.496 e. The van der Waals surface area contributed by atoms with Gasteiger partial charge in [0.2, 0.25) is 0 Å². The van der Waals surface area contributed by atoms with E-state index in [1.54, 1.807) is 46.9 Å². The molecule has 1 rings (SSSR count). The second-order valence-corrected chi connectivity index (χ2v) is 5.82. The highest BCUT2D eigenvalue weighted by molar-refractivity contribution is 5.95. The Labute approximate surface area is 114 Å². The molecule has 4 heteroatoms. The average molecular weight is 265 g/mol. The second kappa shape index (κ2) is 5.21. The summed E-state index contributed by atoms with van der Waals surface area (Å²) in [5.74, 6) is 0.444. The van der Waals surface area contributed by atoms with Crippen LogP contribution in [0.15, 0.2) is 18.2 Å². The predicted molar refractivity (Wildman–Crippen MR) is 75.6 cm³/mol. The van der Waals surface area contributed by atoms with Gasteiger partial charge in [-0.2, -0.15) is 0 Å². The normalized spacial score (nSPS) is 12.2. The van der Waals surface area contributed by atoms with E-state index in [1.165, 1.54) is 0 Å². The molecule has 0 atom stereocenters. The molecule has 0 bridgehead atoms. The number of hydrogen-bond acceptors (Lipinski definition) is 3. The van der Waals surface area contributed by atoms with Gasteiger partial charge in [0.1, 0.15) is 5.75 Å². The Morgan fingerprint density at radius 3 is 2.32 bits per heavy atom. The molecular weight excluding hydrogens is 242 g/mol. The largest absolute Gasteiger partial charge is 0.496 e. The number of amides is 1. The van der Waals surface area contributed by atoms with Crippen molar-refractivity contribution in [3.05, 3.63) is 29.3 Å². The molecule has 1 aromatic carbocycles. The smallest absolute Gasteiger partial charge is 0.251 e. The Bertz CT molecular complexity index is 473. The van der Waals surface area contributed by atoms with Crippen LogP contribution >= 0.6 is 0 Å². The Balaban J connectivity index is 2.96. The van der Waals surface area contributed by atoms with E-state index >= 15 is 0 Å². The van der Waals surface area contributed by atoms with E-state index in [4.69, 9.17) is 4.74 Å². The summed E-state index contributed by atoms with van der Waals surface area (Å²) in [6, 6.07) is 5.28. The van der Waals surface area contributed by atoms with Gasteiger partial charge in [0.05, 0.1) is 18.2 Å². The van der Waals surface area contributed by atoms with Crippen LogP contribution in [0.5, 0.6) is 5.75 Å². The van der Waals surface area contributed by atoms with Crippen LogP contribution in [0, 0.1) is 6.92 Å². The first-order chi connectivity index (χ1) is 8.58. The van der Waals surface area contributed by atoms with E-state index in [0.29, 0.717) is 11.3 Å². The lowest BCUT2D eigenvalue weighted by Crippen LogP contribution is -2.57. The molecule has 19 heavy (non-hydrogen) atoms. The molecule has 0 aliphatic heterocycles. The van der Waals surface area contributed by atoms with Gasteiger partial charge in [0, 0.05) is 5.56 Å². The van der Waals surface area contributed by atoms with Crippen molar-refractivity contribution in [2.24, 2.45) is 0 Å². The van der Waals surface area contributed by atoms with E-state index in [-0.39, 0.29) is 5.91 Å². The van der Waals surface area contributed by atoms with Crippen molar-refractivity contribution in [2.45, 2.75) is 45.8 Å². The number of aliphatic hydroxyl groups is 1. The van der Waals surface area contributed by atoms with Crippen molar-refractivity contribution in [3.8, 4) is 5.75 Å². The third-order valence-corrected chi connectivity index (χ3v) is 3.63.